The molecule has 1 amide bonds. The van der Waals surface area contributed by atoms with Crippen molar-refractivity contribution in [1.29, 1.82) is 0 Å². The number of nitrogens with two attached hydrogens (primary N) is 1. The summed E-state index contributed by atoms with van der Waals surface area (Å²) in [5.74, 6) is 0.255. The predicted octanol–water partition coefficient (Wildman–Crippen LogP) is 1.32. The van der Waals surface area contributed by atoms with Crippen LogP contribution in [0.15, 0.2) is 0 Å². The lowest BCUT2D eigenvalue weighted by Crippen LogP contribution is -2.45. The molecule has 5 heteroatoms. The van der Waals surface area contributed by atoms with Crippen LogP contribution in [0.4, 0.5) is 0 Å². The van der Waals surface area contributed by atoms with E-state index in [9.17, 15) is 4.79 Å². The lowest BCUT2D eigenvalue weighted by atomic mass is 10.1. The highest BCUT2D eigenvalue weighted by Gasteiger charge is 2.23. The van der Waals surface area contributed by atoms with Crippen LogP contribution >= 0.6 is 12.4 Å². The predicted molar refractivity (Wildman–Crippen MR) is 69.2 cm³/mol. The lowest BCUT2D eigenvalue weighted by molar-refractivity contribution is -0.133. The SMILES string of the molecule is Cl.NC1CCCN(C(=O)CCC2CCCO2)C1. The quantitative estimate of drug-likeness (QED) is 0.835. The molecule has 2 heterocycles. The van der Waals surface area contributed by atoms with Crippen molar-refractivity contribution in [3.05, 3.63) is 0 Å². The van der Waals surface area contributed by atoms with Gasteiger partial charge in [0.15, 0.2) is 0 Å². The number of carbonyl (C=O) groups excluding carboxylic acids is 1. The Kier molecular flexibility index (Phi) is 6.23. The van der Waals surface area contributed by atoms with Gasteiger partial charge in [0.05, 0.1) is 6.10 Å². The molecule has 0 aromatic heterocycles. The molecule has 2 atom stereocenters. The van der Waals surface area contributed by atoms with E-state index >= 15 is 0 Å². The molecule has 2 rings (SSSR count). The number of nitrogens with zero attached hydrogens (tertiary/aromatic N) is 1. The van der Waals surface area contributed by atoms with Crippen LogP contribution in [0.25, 0.3) is 0 Å². The molecule has 0 aromatic carbocycles. The first-order valence-electron chi connectivity index (χ1n) is 6.40. The standard InChI is InChI=1S/C12H22N2O2.ClH/c13-10-3-1-7-14(9-10)12(15)6-5-11-4-2-8-16-11;/h10-11H,1-9,13H2;1H. The number of halogens is 1. The van der Waals surface area contributed by atoms with E-state index in [2.05, 4.69) is 0 Å². The zero-order valence-corrected chi connectivity index (χ0v) is 11.1. The first-order valence-corrected chi connectivity index (χ1v) is 6.40. The summed E-state index contributed by atoms with van der Waals surface area (Å²) in [5.41, 5.74) is 5.86. The van der Waals surface area contributed by atoms with Gasteiger partial charge >= 0.3 is 0 Å². The minimum atomic E-state index is 0. The summed E-state index contributed by atoms with van der Waals surface area (Å²) in [6.07, 6.45) is 6.19. The van der Waals surface area contributed by atoms with Gasteiger partial charge in [-0.15, -0.1) is 12.4 Å². The van der Waals surface area contributed by atoms with Crippen LogP contribution in [0.1, 0.15) is 38.5 Å². The molecule has 2 fully saturated rings. The number of ether oxygens (including phenoxy) is 1. The fourth-order valence-electron chi connectivity index (χ4n) is 2.55. The number of likely N-dealkylation sites (tertiary alicyclic amines) is 1. The fraction of sp³-hybridized carbons (Fsp3) is 0.917. The summed E-state index contributed by atoms with van der Waals surface area (Å²) in [7, 11) is 0. The van der Waals surface area contributed by atoms with Gasteiger partial charge in [0.25, 0.3) is 0 Å². The zero-order valence-electron chi connectivity index (χ0n) is 10.3. The van der Waals surface area contributed by atoms with Crippen LogP contribution in [0.2, 0.25) is 0 Å². The summed E-state index contributed by atoms with van der Waals surface area (Å²) in [5, 5.41) is 0. The van der Waals surface area contributed by atoms with Gasteiger partial charge in [-0.1, -0.05) is 0 Å². The molecule has 0 aromatic rings. The van der Waals surface area contributed by atoms with Crippen molar-refractivity contribution in [3.8, 4) is 0 Å². The van der Waals surface area contributed by atoms with Gasteiger partial charge in [0.1, 0.15) is 0 Å². The number of carbonyl (C=O) groups is 1. The van der Waals surface area contributed by atoms with E-state index in [0.717, 1.165) is 51.8 Å². The summed E-state index contributed by atoms with van der Waals surface area (Å²) in [4.78, 5) is 13.8. The van der Waals surface area contributed by atoms with Crippen molar-refractivity contribution >= 4 is 18.3 Å². The van der Waals surface area contributed by atoms with Gasteiger partial charge in [-0.25, -0.2) is 0 Å². The Morgan fingerprint density at radius 3 is 2.82 bits per heavy atom. The van der Waals surface area contributed by atoms with E-state index in [0.29, 0.717) is 12.5 Å². The monoisotopic (exact) mass is 262 g/mol. The molecule has 2 aliphatic heterocycles. The highest BCUT2D eigenvalue weighted by atomic mass is 35.5. The third-order valence-corrected chi connectivity index (χ3v) is 3.51. The summed E-state index contributed by atoms with van der Waals surface area (Å²) in [6, 6.07) is 0.181. The molecule has 17 heavy (non-hydrogen) atoms. The Hall–Kier alpha value is -0.320. The number of amides is 1. The third-order valence-electron chi connectivity index (χ3n) is 3.51. The first kappa shape index (κ1) is 14.7. The molecule has 0 aliphatic carbocycles. The maximum absolute atomic E-state index is 11.9. The van der Waals surface area contributed by atoms with Crippen molar-refractivity contribution < 1.29 is 9.53 Å². The van der Waals surface area contributed by atoms with E-state index in [1.165, 1.54) is 0 Å². The Labute approximate surface area is 109 Å². The van der Waals surface area contributed by atoms with Gasteiger partial charge in [-0.2, -0.15) is 0 Å². The number of hydrogen-bond acceptors (Lipinski definition) is 3. The Bertz CT molecular complexity index is 245. The molecule has 4 nitrogen and oxygen atoms in total. The topological polar surface area (TPSA) is 55.6 Å². The highest BCUT2D eigenvalue weighted by molar-refractivity contribution is 5.85. The second-order valence-corrected chi connectivity index (χ2v) is 4.92. The second kappa shape index (κ2) is 7.19. The molecule has 0 spiro atoms. The molecule has 0 bridgehead atoms. The smallest absolute Gasteiger partial charge is 0.222 e. The summed E-state index contributed by atoms with van der Waals surface area (Å²) in [6.45, 7) is 2.50. The summed E-state index contributed by atoms with van der Waals surface area (Å²) >= 11 is 0. The van der Waals surface area contributed by atoms with Crippen molar-refractivity contribution in [2.75, 3.05) is 19.7 Å². The van der Waals surface area contributed by atoms with E-state index in [4.69, 9.17) is 10.5 Å². The molecular formula is C12H23ClN2O2. The van der Waals surface area contributed by atoms with Gasteiger partial charge in [0, 0.05) is 32.2 Å². The maximum atomic E-state index is 11.9. The molecule has 0 radical (unpaired) electrons. The van der Waals surface area contributed by atoms with Gasteiger partial charge in [-0.3, -0.25) is 4.79 Å². The van der Waals surface area contributed by atoms with Crippen LogP contribution in [-0.2, 0) is 9.53 Å². The lowest BCUT2D eigenvalue weighted by Gasteiger charge is -2.31. The van der Waals surface area contributed by atoms with Crippen LogP contribution in [0.5, 0.6) is 0 Å². The average Bonchev–Trinajstić information content (AvgIpc) is 2.78. The van der Waals surface area contributed by atoms with E-state index in [1.54, 1.807) is 0 Å². The van der Waals surface area contributed by atoms with Crippen LogP contribution in [0.3, 0.4) is 0 Å². The maximum Gasteiger partial charge on any atom is 0.222 e. The molecule has 2 saturated heterocycles. The molecule has 2 N–H and O–H groups in total. The number of rotatable bonds is 3. The largest absolute Gasteiger partial charge is 0.378 e. The number of piperidine rings is 1. The van der Waals surface area contributed by atoms with E-state index in [1.807, 2.05) is 4.90 Å². The van der Waals surface area contributed by atoms with Crippen LogP contribution in [0, 0.1) is 0 Å². The Balaban J connectivity index is 0.00000144. The van der Waals surface area contributed by atoms with Crippen LogP contribution in [-0.4, -0.2) is 42.6 Å². The van der Waals surface area contributed by atoms with Gasteiger partial charge < -0.3 is 15.4 Å². The van der Waals surface area contributed by atoms with E-state index < -0.39 is 0 Å². The van der Waals surface area contributed by atoms with Crippen molar-refractivity contribution in [1.82, 2.24) is 4.90 Å². The van der Waals surface area contributed by atoms with Crippen molar-refractivity contribution in [3.63, 3.8) is 0 Å². The fourth-order valence-corrected chi connectivity index (χ4v) is 2.55. The van der Waals surface area contributed by atoms with Gasteiger partial charge in [-0.05, 0) is 32.1 Å². The minimum absolute atomic E-state index is 0. The normalized spacial score (nSPS) is 28.9. The number of hydrogen-bond donors (Lipinski definition) is 1. The third kappa shape index (κ3) is 4.45. The molecule has 2 aliphatic rings. The molecule has 100 valence electrons. The molecule has 2 unspecified atom stereocenters. The second-order valence-electron chi connectivity index (χ2n) is 4.92. The minimum Gasteiger partial charge on any atom is -0.378 e. The highest BCUT2D eigenvalue weighted by Crippen LogP contribution is 2.18. The first-order chi connectivity index (χ1) is 7.75. The molecule has 0 saturated carbocycles. The van der Waals surface area contributed by atoms with Crippen molar-refractivity contribution in [2.24, 2.45) is 5.73 Å². The Morgan fingerprint density at radius 2 is 2.18 bits per heavy atom. The van der Waals surface area contributed by atoms with Gasteiger partial charge in [0.2, 0.25) is 5.91 Å². The van der Waals surface area contributed by atoms with Crippen molar-refractivity contribution in [2.45, 2.75) is 50.7 Å². The Morgan fingerprint density at radius 1 is 1.35 bits per heavy atom. The average molecular weight is 263 g/mol. The van der Waals surface area contributed by atoms with E-state index in [-0.39, 0.29) is 24.4 Å². The summed E-state index contributed by atoms with van der Waals surface area (Å²) < 4.78 is 5.52. The molecular weight excluding hydrogens is 240 g/mol. The van der Waals surface area contributed by atoms with Crippen LogP contribution < -0.4 is 5.73 Å². The zero-order chi connectivity index (χ0) is 11.4.